The Bertz CT molecular complexity index is 759. The largest absolute Gasteiger partial charge is 0.481 e. The molecule has 1 amide bonds. The zero-order chi connectivity index (χ0) is 16.7. The first-order valence-electron chi connectivity index (χ1n) is 8.10. The molecule has 2 aromatic rings. The number of oxazole rings is 1. The van der Waals surface area contributed by atoms with Gasteiger partial charge in [-0.15, -0.1) is 0 Å². The Labute approximate surface area is 139 Å². The molecular formula is C18H18N2O4. The van der Waals surface area contributed by atoms with Crippen molar-refractivity contribution in [3.05, 3.63) is 42.4 Å². The molecule has 2 fully saturated rings. The number of carbonyl (C=O) groups is 2. The van der Waals surface area contributed by atoms with Gasteiger partial charge in [0.2, 0.25) is 0 Å². The fourth-order valence-corrected chi connectivity index (χ4v) is 3.72. The molecule has 1 unspecified atom stereocenters. The molecule has 0 radical (unpaired) electrons. The maximum atomic E-state index is 12.6. The minimum atomic E-state index is -0.696. The van der Waals surface area contributed by atoms with E-state index in [1.165, 1.54) is 6.39 Å². The lowest BCUT2D eigenvalue weighted by Gasteiger charge is -2.32. The van der Waals surface area contributed by atoms with Crippen LogP contribution in [0.3, 0.4) is 0 Å². The van der Waals surface area contributed by atoms with Gasteiger partial charge in [0.05, 0.1) is 12.1 Å². The van der Waals surface area contributed by atoms with Crippen molar-refractivity contribution >= 4 is 11.9 Å². The highest BCUT2D eigenvalue weighted by Crippen LogP contribution is 2.59. The summed E-state index contributed by atoms with van der Waals surface area (Å²) in [4.78, 5) is 29.4. The Morgan fingerprint density at radius 2 is 1.92 bits per heavy atom. The molecule has 0 bridgehead atoms. The Morgan fingerprint density at radius 3 is 2.46 bits per heavy atom. The Balaban J connectivity index is 1.41. The van der Waals surface area contributed by atoms with E-state index >= 15 is 0 Å². The van der Waals surface area contributed by atoms with E-state index in [1.54, 1.807) is 18.3 Å². The van der Waals surface area contributed by atoms with Crippen molar-refractivity contribution in [1.29, 1.82) is 0 Å². The van der Waals surface area contributed by atoms with E-state index in [4.69, 9.17) is 9.52 Å². The summed E-state index contributed by atoms with van der Waals surface area (Å²) in [6.07, 6.45) is 5.34. The van der Waals surface area contributed by atoms with E-state index < -0.39 is 5.97 Å². The number of aliphatic carboxylic acids is 1. The highest BCUT2D eigenvalue weighted by molar-refractivity contribution is 5.94. The maximum absolute atomic E-state index is 12.6. The SMILES string of the molecule is O=C(O)C1CC12CCN(C(=O)c1ccc(-c3cnco3)cc1)CC2. The summed E-state index contributed by atoms with van der Waals surface area (Å²) >= 11 is 0. The van der Waals surface area contributed by atoms with Gasteiger partial charge in [-0.3, -0.25) is 9.59 Å². The molecule has 1 saturated carbocycles. The number of carboxylic acid groups (broad SMARTS) is 1. The van der Waals surface area contributed by atoms with Crippen molar-refractivity contribution in [3.63, 3.8) is 0 Å². The number of hydrogen-bond donors (Lipinski definition) is 1. The fourth-order valence-electron chi connectivity index (χ4n) is 3.72. The van der Waals surface area contributed by atoms with Gasteiger partial charge in [-0.1, -0.05) is 12.1 Å². The molecule has 124 valence electrons. The maximum Gasteiger partial charge on any atom is 0.307 e. The zero-order valence-corrected chi connectivity index (χ0v) is 13.1. The first-order chi connectivity index (χ1) is 11.6. The van der Waals surface area contributed by atoms with Gasteiger partial charge in [-0.25, -0.2) is 4.98 Å². The monoisotopic (exact) mass is 326 g/mol. The van der Waals surface area contributed by atoms with Gasteiger partial charge in [-0.05, 0) is 36.8 Å². The second-order valence-corrected chi connectivity index (χ2v) is 6.69. The first-order valence-corrected chi connectivity index (χ1v) is 8.10. The number of benzene rings is 1. The van der Waals surface area contributed by atoms with Gasteiger partial charge in [0.25, 0.3) is 5.91 Å². The summed E-state index contributed by atoms with van der Waals surface area (Å²) in [6, 6.07) is 7.28. The number of aromatic nitrogens is 1. The Morgan fingerprint density at radius 1 is 1.21 bits per heavy atom. The number of hydrogen-bond acceptors (Lipinski definition) is 4. The third-order valence-corrected chi connectivity index (χ3v) is 5.38. The van der Waals surface area contributed by atoms with Gasteiger partial charge in [0.1, 0.15) is 0 Å². The van der Waals surface area contributed by atoms with Crippen molar-refractivity contribution in [1.82, 2.24) is 9.88 Å². The van der Waals surface area contributed by atoms with Crippen molar-refractivity contribution in [3.8, 4) is 11.3 Å². The number of rotatable bonds is 3. The highest BCUT2D eigenvalue weighted by atomic mass is 16.4. The molecule has 1 saturated heterocycles. The standard InChI is InChI=1S/C18H18N2O4/c21-16(13-3-1-12(2-4-13)15-10-19-11-24-15)20-7-5-18(6-8-20)9-14(18)17(22)23/h1-4,10-11,14H,5-9H2,(H,22,23). The molecule has 2 aliphatic rings. The predicted octanol–water partition coefficient (Wildman–Crippen LogP) is 2.67. The molecule has 1 aliphatic heterocycles. The van der Waals surface area contributed by atoms with Crippen molar-refractivity contribution in [2.45, 2.75) is 19.3 Å². The van der Waals surface area contributed by atoms with Crippen molar-refractivity contribution in [2.24, 2.45) is 11.3 Å². The van der Waals surface area contributed by atoms with Crippen LogP contribution in [0.5, 0.6) is 0 Å². The summed E-state index contributed by atoms with van der Waals surface area (Å²) in [6.45, 7) is 1.26. The van der Waals surface area contributed by atoms with E-state index in [1.807, 2.05) is 17.0 Å². The van der Waals surface area contributed by atoms with Gasteiger partial charge in [0, 0.05) is 24.2 Å². The van der Waals surface area contributed by atoms with Crippen LogP contribution >= 0.6 is 0 Å². The normalized spacial score (nSPS) is 21.7. The van der Waals surface area contributed by atoms with Crippen LogP contribution in [-0.2, 0) is 4.79 Å². The van der Waals surface area contributed by atoms with E-state index in [2.05, 4.69) is 4.98 Å². The summed E-state index contributed by atoms with van der Waals surface area (Å²) in [7, 11) is 0. The molecule has 6 heteroatoms. The zero-order valence-electron chi connectivity index (χ0n) is 13.1. The average molecular weight is 326 g/mol. The lowest BCUT2D eigenvalue weighted by molar-refractivity contribution is -0.139. The van der Waals surface area contributed by atoms with Crippen LogP contribution in [0.1, 0.15) is 29.6 Å². The van der Waals surface area contributed by atoms with Gasteiger partial charge >= 0.3 is 5.97 Å². The minimum absolute atomic E-state index is 0.00138. The smallest absolute Gasteiger partial charge is 0.307 e. The quantitative estimate of drug-likeness (QED) is 0.937. The summed E-state index contributed by atoms with van der Waals surface area (Å²) in [5, 5.41) is 9.14. The number of piperidine rings is 1. The van der Waals surface area contributed by atoms with Crippen molar-refractivity contribution < 1.29 is 19.1 Å². The molecule has 6 nitrogen and oxygen atoms in total. The van der Waals surface area contributed by atoms with E-state index in [0.717, 1.165) is 24.8 Å². The summed E-state index contributed by atoms with van der Waals surface area (Å²) in [5.41, 5.74) is 1.46. The molecule has 1 aliphatic carbocycles. The van der Waals surface area contributed by atoms with Crippen LogP contribution in [0, 0.1) is 11.3 Å². The van der Waals surface area contributed by atoms with Crippen LogP contribution in [-0.4, -0.2) is 40.0 Å². The third kappa shape index (κ3) is 2.48. The highest BCUT2D eigenvalue weighted by Gasteiger charge is 2.59. The Kier molecular flexibility index (Phi) is 3.40. The third-order valence-electron chi connectivity index (χ3n) is 5.38. The second kappa shape index (κ2) is 5.47. The minimum Gasteiger partial charge on any atom is -0.481 e. The second-order valence-electron chi connectivity index (χ2n) is 6.69. The number of nitrogens with zero attached hydrogens (tertiary/aromatic N) is 2. The lowest BCUT2D eigenvalue weighted by atomic mass is 9.90. The van der Waals surface area contributed by atoms with Gasteiger partial charge in [0.15, 0.2) is 12.2 Å². The number of likely N-dealkylation sites (tertiary alicyclic amines) is 1. The van der Waals surface area contributed by atoms with Crippen LogP contribution < -0.4 is 0 Å². The summed E-state index contributed by atoms with van der Waals surface area (Å²) in [5.74, 6) is -0.238. The Hall–Kier alpha value is -2.63. The van der Waals surface area contributed by atoms with Gasteiger partial charge < -0.3 is 14.4 Å². The molecule has 1 N–H and O–H groups in total. The van der Waals surface area contributed by atoms with E-state index in [0.29, 0.717) is 24.4 Å². The van der Waals surface area contributed by atoms with Crippen LogP contribution in [0.15, 0.2) is 41.3 Å². The molecule has 1 atom stereocenters. The first kappa shape index (κ1) is 14.9. The predicted molar refractivity (Wildman–Crippen MR) is 85.3 cm³/mol. The lowest BCUT2D eigenvalue weighted by Crippen LogP contribution is -2.40. The fraction of sp³-hybridized carbons (Fsp3) is 0.389. The van der Waals surface area contributed by atoms with Gasteiger partial charge in [-0.2, -0.15) is 0 Å². The molecule has 1 spiro atoms. The number of amides is 1. The molecular weight excluding hydrogens is 308 g/mol. The van der Waals surface area contributed by atoms with Crippen LogP contribution in [0.2, 0.25) is 0 Å². The number of carbonyl (C=O) groups excluding carboxylic acids is 1. The average Bonchev–Trinajstić information content (AvgIpc) is 3.05. The molecule has 2 heterocycles. The van der Waals surface area contributed by atoms with Crippen LogP contribution in [0.4, 0.5) is 0 Å². The van der Waals surface area contributed by atoms with E-state index in [-0.39, 0.29) is 17.2 Å². The topological polar surface area (TPSA) is 83.6 Å². The van der Waals surface area contributed by atoms with Crippen LogP contribution in [0.25, 0.3) is 11.3 Å². The number of carboxylic acids is 1. The van der Waals surface area contributed by atoms with Crippen molar-refractivity contribution in [2.75, 3.05) is 13.1 Å². The van der Waals surface area contributed by atoms with E-state index in [9.17, 15) is 9.59 Å². The summed E-state index contributed by atoms with van der Waals surface area (Å²) < 4.78 is 5.24. The molecule has 1 aromatic heterocycles. The molecule has 4 rings (SSSR count). The molecule has 24 heavy (non-hydrogen) atoms. The molecule has 1 aromatic carbocycles.